The summed E-state index contributed by atoms with van der Waals surface area (Å²) >= 11 is 0. The van der Waals surface area contributed by atoms with E-state index in [1.807, 2.05) is 0 Å². The Morgan fingerprint density at radius 3 is 2.69 bits per heavy atom. The highest BCUT2D eigenvalue weighted by atomic mass is 19.1. The van der Waals surface area contributed by atoms with Gasteiger partial charge in [-0.1, -0.05) is 0 Å². The molecule has 1 aliphatic rings. The highest BCUT2D eigenvalue weighted by Crippen LogP contribution is 2.26. The molecule has 0 saturated carbocycles. The van der Waals surface area contributed by atoms with Gasteiger partial charge < -0.3 is 14.4 Å². The van der Waals surface area contributed by atoms with Crippen LogP contribution in [0.4, 0.5) is 10.1 Å². The molecule has 88 valence electrons. The van der Waals surface area contributed by atoms with E-state index >= 15 is 0 Å². The molecule has 0 unspecified atom stereocenters. The zero-order valence-corrected chi connectivity index (χ0v) is 9.41. The number of rotatable bonds is 4. The largest absolute Gasteiger partial charge is 0.467 e. The zero-order chi connectivity index (χ0) is 11.4. The van der Waals surface area contributed by atoms with Crippen LogP contribution in [0.25, 0.3) is 0 Å². The van der Waals surface area contributed by atoms with Gasteiger partial charge in [-0.2, -0.15) is 0 Å². The molecule has 1 fully saturated rings. The minimum absolute atomic E-state index is 0.141. The Morgan fingerprint density at radius 2 is 2.06 bits per heavy atom. The molecule has 3 nitrogen and oxygen atoms in total. The second-order valence-electron chi connectivity index (χ2n) is 3.86. The van der Waals surface area contributed by atoms with Crippen LogP contribution in [0, 0.1) is 5.82 Å². The molecule has 1 aromatic carbocycles. The van der Waals surface area contributed by atoms with Crippen LogP contribution in [-0.4, -0.2) is 27.0 Å². The Bertz CT molecular complexity index is 351. The fourth-order valence-corrected chi connectivity index (χ4v) is 1.92. The number of hydrogen-bond donors (Lipinski definition) is 0. The van der Waals surface area contributed by atoms with Crippen molar-refractivity contribution in [1.29, 1.82) is 0 Å². The second kappa shape index (κ2) is 5.16. The summed E-state index contributed by atoms with van der Waals surface area (Å²) in [6.45, 7) is 2.02. The normalized spacial score (nSPS) is 15.5. The van der Waals surface area contributed by atoms with E-state index < -0.39 is 0 Å². The predicted molar refractivity (Wildman–Crippen MR) is 60.4 cm³/mol. The first kappa shape index (κ1) is 11.2. The van der Waals surface area contributed by atoms with E-state index in [1.165, 1.54) is 13.2 Å². The summed E-state index contributed by atoms with van der Waals surface area (Å²) in [4.78, 5) is 2.06. The highest BCUT2D eigenvalue weighted by molar-refractivity contribution is 5.51. The first-order valence-electron chi connectivity index (χ1n) is 5.47. The lowest BCUT2D eigenvalue weighted by Gasteiger charge is -2.18. The van der Waals surface area contributed by atoms with Gasteiger partial charge in [-0.3, -0.25) is 0 Å². The van der Waals surface area contributed by atoms with Crippen molar-refractivity contribution in [2.24, 2.45) is 0 Å². The molecule has 0 radical (unpaired) electrons. The van der Waals surface area contributed by atoms with Gasteiger partial charge in [0, 0.05) is 26.3 Å². The summed E-state index contributed by atoms with van der Waals surface area (Å²) in [5.74, 6) is 0.276. The third-order valence-corrected chi connectivity index (χ3v) is 2.71. The molecule has 0 N–H and O–H groups in total. The highest BCUT2D eigenvalue weighted by Gasteiger charge is 2.16. The van der Waals surface area contributed by atoms with Crippen LogP contribution >= 0.6 is 0 Å². The summed E-state index contributed by atoms with van der Waals surface area (Å²) in [6.07, 6.45) is 2.28. The number of halogens is 1. The average molecular weight is 225 g/mol. The average Bonchev–Trinajstić information content (AvgIpc) is 2.80. The molecule has 0 aliphatic carbocycles. The van der Waals surface area contributed by atoms with E-state index in [0.717, 1.165) is 25.9 Å². The van der Waals surface area contributed by atoms with Crippen molar-refractivity contribution in [3.05, 3.63) is 24.0 Å². The SMILES string of the molecule is COCOc1ccc(N2CCCC2)c(F)c1. The number of hydrogen-bond acceptors (Lipinski definition) is 3. The molecular weight excluding hydrogens is 209 g/mol. The lowest BCUT2D eigenvalue weighted by molar-refractivity contribution is 0.0509. The standard InChI is InChI=1S/C12H16FNO2/c1-15-9-16-10-4-5-12(11(13)8-10)14-6-2-3-7-14/h4-5,8H,2-3,6-7,9H2,1H3. The summed E-state index contributed by atoms with van der Waals surface area (Å²) in [7, 11) is 1.54. The van der Waals surface area contributed by atoms with Crippen molar-refractivity contribution < 1.29 is 13.9 Å². The Morgan fingerprint density at radius 1 is 1.31 bits per heavy atom. The van der Waals surface area contributed by atoms with E-state index in [0.29, 0.717) is 11.4 Å². The Balaban J connectivity index is 2.09. The molecule has 2 rings (SSSR count). The van der Waals surface area contributed by atoms with Crippen molar-refractivity contribution in [1.82, 2.24) is 0 Å². The number of benzene rings is 1. The van der Waals surface area contributed by atoms with Crippen LogP contribution in [0.15, 0.2) is 18.2 Å². The van der Waals surface area contributed by atoms with Crippen LogP contribution in [0.1, 0.15) is 12.8 Å². The molecule has 4 heteroatoms. The van der Waals surface area contributed by atoms with Crippen LogP contribution in [-0.2, 0) is 4.74 Å². The van der Waals surface area contributed by atoms with Crippen molar-refractivity contribution in [2.75, 3.05) is 31.9 Å². The second-order valence-corrected chi connectivity index (χ2v) is 3.86. The summed E-state index contributed by atoms with van der Waals surface area (Å²) in [5, 5.41) is 0. The Kier molecular flexibility index (Phi) is 3.62. The van der Waals surface area contributed by atoms with E-state index in [4.69, 9.17) is 9.47 Å². The van der Waals surface area contributed by atoms with Gasteiger partial charge >= 0.3 is 0 Å². The molecule has 16 heavy (non-hydrogen) atoms. The van der Waals surface area contributed by atoms with E-state index in [2.05, 4.69) is 4.90 Å². The van der Waals surface area contributed by atoms with Gasteiger partial charge in [0.2, 0.25) is 0 Å². The molecule has 0 aromatic heterocycles. The number of anilines is 1. The Hall–Kier alpha value is -1.29. The molecule has 1 heterocycles. The van der Waals surface area contributed by atoms with E-state index in [1.54, 1.807) is 12.1 Å². The van der Waals surface area contributed by atoms with Gasteiger partial charge in [-0.05, 0) is 25.0 Å². The maximum Gasteiger partial charge on any atom is 0.188 e. The van der Waals surface area contributed by atoms with Crippen LogP contribution in [0.2, 0.25) is 0 Å². The topological polar surface area (TPSA) is 21.7 Å². The summed E-state index contributed by atoms with van der Waals surface area (Å²) < 4.78 is 23.7. The van der Waals surface area contributed by atoms with Gasteiger partial charge in [0.25, 0.3) is 0 Å². The minimum Gasteiger partial charge on any atom is -0.467 e. The number of methoxy groups -OCH3 is 1. The molecule has 1 aliphatic heterocycles. The first-order valence-corrected chi connectivity index (χ1v) is 5.47. The van der Waals surface area contributed by atoms with Gasteiger partial charge in [0.1, 0.15) is 11.6 Å². The third-order valence-electron chi connectivity index (χ3n) is 2.71. The fraction of sp³-hybridized carbons (Fsp3) is 0.500. The van der Waals surface area contributed by atoms with E-state index in [-0.39, 0.29) is 12.6 Å². The number of nitrogens with zero attached hydrogens (tertiary/aromatic N) is 1. The number of ether oxygens (including phenoxy) is 2. The van der Waals surface area contributed by atoms with Gasteiger partial charge in [0.15, 0.2) is 6.79 Å². The van der Waals surface area contributed by atoms with Crippen LogP contribution in [0.3, 0.4) is 0 Å². The molecule has 0 amide bonds. The monoisotopic (exact) mass is 225 g/mol. The quantitative estimate of drug-likeness (QED) is 0.734. The lowest BCUT2D eigenvalue weighted by Crippen LogP contribution is -2.18. The zero-order valence-electron chi connectivity index (χ0n) is 9.41. The molecular formula is C12H16FNO2. The molecule has 1 aromatic rings. The van der Waals surface area contributed by atoms with Gasteiger partial charge in [-0.25, -0.2) is 4.39 Å². The van der Waals surface area contributed by atoms with E-state index in [9.17, 15) is 4.39 Å². The third kappa shape index (κ3) is 2.44. The van der Waals surface area contributed by atoms with Crippen LogP contribution in [0.5, 0.6) is 5.75 Å². The lowest BCUT2D eigenvalue weighted by atomic mass is 10.2. The summed E-state index contributed by atoms with van der Waals surface area (Å²) in [6, 6.07) is 4.95. The van der Waals surface area contributed by atoms with Crippen molar-refractivity contribution >= 4 is 5.69 Å². The predicted octanol–water partition coefficient (Wildman–Crippen LogP) is 2.41. The molecule has 1 saturated heterocycles. The van der Waals surface area contributed by atoms with Crippen molar-refractivity contribution in [2.45, 2.75) is 12.8 Å². The minimum atomic E-state index is -0.226. The summed E-state index contributed by atoms with van der Waals surface area (Å²) in [5.41, 5.74) is 0.669. The smallest absolute Gasteiger partial charge is 0.188 e. The van der Waals surface area contributed by atoms with Crippen molar-refractivity contribution in [3.8, 4) is 5.75 Å². The van der Waals surface area contributed by atoms with Gasteiger partial charge in [-0.15, -0.1) is 0 Å². The molecule has 0 spiro atoms. The first-order chi connectivity index (χ1) is 7.81. The van der Waals surface area contributed by atoms with Crippen LogP contribution < -0.4 is 9.64 Å². The molecule has 0 bridgehead atoms. The molecule has 0 atom stereocenters. The van der Waals surface area contributed by atoms with Crippen molar-refractivity contribution in [3.63, 3.8) is 0 Å². The Labute approximate surface area is 94.8 Å². The fourth-order valence-electron chi connectivity index (χ4n) is 1.92. The van der Waals surface area contributed by atoms with Gasteiger partial charge in [0.05, 0.1) is 5.69 Å². The maximum absolute atomic E-state index is 13.8. The maximum atomic E-state index is 13.8.